The molecule has 22 heavy (non-hydrogen) atoms. The van der Waals surface area contributed by atoms with Crippen LogP contribution in [0.5, 0.6) is 5.75 Å². The summed E-state index contributed by atoms with van der Waals surface area (Å²) >= 11 is 0. The zero-order chi connectivity index (χ0) is 15.5. The summed E-state index contributed by atoms with van der Waals surface area (Å²) in [5, 5.41) is 3.25. The third-order valence-corrected chi connectivity index (χ3v) is 3.36. The molecule has 2 heterocycles. The van der Waals surface area contributed by atoms with E-state index < -0.39 is 0 Å². The molecular weight excluding hydrogens is 278 g/mol. The number of benzene rings is 1. The number of rotatable bonds is 5. The van der Waals surface area contributed by atoms with Crippen LogP contribution in [0.15, 0.2) is 30.9 Å². The van der Waals surface area contributed by atoms with E-state index in [1.54, 1.807) is 6.33 Å². The highest BCUT2D eigenvalue weighted by Crippen LogP contribution is 2.17. The number of nitrogens with zero attached hydrogens (tertiary/aromatic N) is 4. The van der Waals surface area contributed by atoms with E-state index in [9.17, 15) is 0 Å². The van der Waals surface area contributed by atoms with Crippen LogP contribution < -0.4 is 10.1 Å². The SMILES string of the molecule is Cc1cc(C)cc(OCCNc2ncnc3c2ncn3C)c1. The van der Waals surface area contributed by atoms with E-state index in [1.165, 1.54) is 17.5 Å². The van der Waals surface area contributed by atoms with Crippen LogP contribution in [0.25, 0.3) is 11.2 Å². The van der Waals surface area contributed by atoms with Gasteiger partial charge < -0.3 is 14.6 Å². The van der Waals surface area contributed by atoms with Gasteiger partial charge in [0, 0.05) is 7.05 Å². The van der Waals surface area contributed by atoms with Crippen LogP contribution in [0.2, 0.25) is 0 Å². The van der Waals surface area contributed by atoms with Gasteiger partial charge in [0.25, 0.3) is 0 Å². The molecule has 2 aromatic heterocycles. The predicted molar refractivity (Wildman–Crippen MR) is 86.2 cm³/mol. The first kappa shape index (κ1) is 14.3. The normalized spacial score (nSPS) is 10.9. The molecule has 6 heteroatoms. The molecule has 0 amide bonds. The first-order valence-corrected chi connectivity index (χ1v) is 7.20. The minimum absolute atomic E-state index is 0.557. The highest BCUT2D eigenvalue weighted by atomic mass is 16.5. The van der Waals surface area contributed by atoms with Crippen molar-refractivity contribution in [3.8, 4) is 5.75 Å². The maximum atomic E-state index is 5.78. The van der Waals surface area contributed by atoms with Crippen LogP contribution in [0.1, 0.15) is 11.1 Å². The second-order valence-electron chi connectivity index (χ2n) is 5.35. The standard InChI is InChI=1S/C16H19N5O/c1-11-6-12(2)8-13(7-11)22-5-4-17-15-14-16(19-9-18-15)21(3)10-20-14/h6-10H,4-5H2,1-3H3,(H,17,18,19). The number of aryl methyl sites for hydroxylation is 3. The van der Waals surface area contributed by atoms with E-state index in [2.05, 4.69) is 40.2 Å². The number of nitrogens with one attached hydrogen (secondary N) is 1. The summed E-state index contributed by atoms with van der Waals surface area (Å²) < 4.78 is 7.64. The van der Waals surface area contributed by atoms with Gasteiger partial charge in [-0.05, 0) is 37.1 Å². The third-order valence-electron chi connectivity index (χ3n) is 3.36. The second-order valence-corrected chi connectivity index (χ2v) is 5.35. The van der Waals surface area contributed by atoms with Crippen molar-refractivity contribution in [2.24, 2.45) is 7.05 Å². The Kier molecular flexibility index (Phi) is 3.91. The lowest BCUT2D eigenvalue weighted by Crippen LogP contribution is -2.13. The molecule has 0 bridgehead atoms. The van der Waals surface area contributed by atoms with Gasteiger partial charge >= 0.3 is 0 Å². The van der Waals surface area contributed by atoms with Crippen LogP contribution >= 0.6 is 0 Å². The summed E-state index contributed by atoms with van der Waals surface area (Å²) in [5.41, 5.74) is 3.99. The molecule has 1 N–H and O–H groups in total. The highest BCUT2D eigenvalue weighted by molar-refractivity contribution is 5.82. The van der Waals surface area contributed by atoms with E-state index in [4.69, 9.17) is 4.74 Å². The fourth-order valence-electron chi connectivity index (χ4n) is 2.43. The molecule has 0 saturated heterocycles. The summed E-state index contributed by atoms with van der Waals surface area (Å²) in [6.45, 7) is 5.34. The number of aromatic nitrogens is 4. The van der Waals surface area contributed by atoms with Gasteiger partial charge in [-0.2, -0.15) is 0 Å². The number of fused-ring (bicyclic) bond motifs is 1. The van der Waals surface area contributed by atoms with Crippen molar-refractivity contribution >= 4 is 17.0 Å². The zero-order valence-electron chi connectivity index (χ0n) is 13.0. The maximum Gasteiger partial charge on any atom is 0.165 e. The molecule has 114 valence electrons. The molecule has 0 saturated carbocycles. The molecule has 0 atom stereocenters. The molecule has 3 rings (SSSR count). The van der Waals surface area contributed by atoms with Gasteiger partial charge in [-0.25, -0.2) is 15.0 Å². The summed E-state index contributed by atoms with van der Waals surface area (Å²) in [6.07, 6.45) is 3.27. The lowest BCUT2D eigenvalue weighted by molar-refractivity contribution is 0.332. The molecule has 0 aliphatic rings. The number of anilines is 1. The summed E-state index contributed by atoms with van der Waals surface area (Å²) in [6, 6.07) is 6.20. The molecule has 0 radical (unpaired) electrons. The Hall–Kier alpha value is -2.63. The van der Waals surface area contributed by atoms with Crippen molar-refractivity contribution in [2.45, 2.75) is 13.8 Å². The maximum absolute atomic E-state index is 5.78. The van der Waals surface area contributed by atoms with Crippen molar-refractivity contribution in [1.29, 1.82) is 0 Å². The fraction of sp³-hybridized carbons (Fsp3) is 0.312. The minimum atomic E-state index is 0.557. The summed E-state index contributed by atoms with van der Waals surface area (Å²) in [5.74, 6) is 1.62. The quantitative estimate of drug-likeness (QED) is 0.733. The first-order valence-electron chi connectivity index (χ1n) is 7.20. The van der Waals surface area contributed by atoms with Gasteiger partial charge in [0.1, 0.15) is 24.2 Å². The van der Waals surface area contributed by atoms with Crippen LogP contribution in [-0.2, 0) is 7.05 Å². The van der Waals surface area contributed by atoms with E-state index in [0.29, 0.717) is 13.2 Å². The van der Waals surface area contributed by atoms with Gasteiger partial charge in [-0.1, -0.05) is 6.07 Å². The van der Waals surface area contributed by atoms with E-state index in [1.807, 2.05) is 23.7 Å². The molecule has 0 spiro atoms. The van der Waals surface area contributed by atoms with E-state index in [0.717, 1.165) is 22.7 Å². The Bertz CT molecular complexity index is 776. The smallest absolute Gasteiger partial charge is 0.165 e. The lowest BCUT2D eigenvalue weighted by atomic mass is 10.1. The summed E-state index contributed by atoms with van der Waals surface area (Å²) in [4.78, 5) is 12.8. The Morgan fingerprint density at radius 2 is 1.86 bits per heavy atom. The van der Waals surface area contributed by atoms with E-state index >= 15 is 0 Å². The van der Waals surface area contributed by atoms with Crippen molar-refractivity contribution in [3.05, 3.63) is 42.0 Å². The second kappa shape index (κ2) is 6.01. The molecule has 1 aromatic carbocycles. The number of imidazole rings is 1. The topological polar surface area (TPSA) is 64.9 Å². The van der Waals surface area contributed by atoms with Crippen molar-refractivity contribution < 1.29 is 4.74 Å². The van der Waals surface area contributed by atoms with Gasteiger partial charge in [-0.3, -0.25) is 0 Å². The molecule has 0 aliphatic heterocycles. The van der Waals surface area contributed by atoms with Crippen molar-refractivity contribution in [1.82, 2.24) is 19.5 Å². The number of hydrogen-bond donors (Lipinski definition) is 1. The van der Waals surface area contributed by atoms with Crippen LogP contribution in [0, 0.1) is 13.8 Å². The molecule has 3 aromatic rings. The first-order chi connectivity index (χ1) is 10.6. The van der Waals surface area contributed by atoms with Gasteiger partial charge in [0.05, 0.1) is 12.9 Å². The van der Waals surface area contributed by atoms with E-state index in [-0.39, 0.29) is 0 Å². The van der Waals surface area contributed by atoms with Crippen LogP contribution in [0.4, 0.5) is 5.82 Å². The fourth-order valence-corrected chi connectivity index (χ4v) is 2.43. The predicted octanol–water partition coefficient (Wildman–Crippen LogP) is 2.47. The minimum Gasteiger partial charge on any atom is -0.492 e. The zero-order valence-corrected chi connectivity index (χ0v) is 13.0. The van der Waals surface area contributed by atoms with Crippen molar-refractivity contribution in [2.75, 3.05) is 18.5 Å². The van der Waals surface area contributed by atoms with Gasteiger partial charge in [-0.15, -0.1) is 0 Å². The Balaban J connectivity index is 1.60. The van der Waals surface area contributed by atoms with Crippen LogP contribution in [-0.4, -0.2) is 32.7 Å². The molecule has 0 fully saturated rings. The average Bonchev–Trinajstić information content (AvgIpc) is 2.85. The van der Waals surface area contributed by atoms with Crippen LogP contribution in [0.3, 0.4) is 0 Å². The Labute approximate surface area is 129 Å². The Morgan fingerprint density at radius 1 is 1.09 bits per heavy atom. The van der Waals surface area contributed by atoms with Gasteiger partial charge in [0.2, 0.25) is 0 Å². The Morgan fingerprint density at radius 3 is 2.64 bits per heavy atom. The largest absolute Gasteiger partial charge is 0.492 e. The lowest BCUT2D eigenvalue weighted by Gasteiger charge is -2.09. The average molecular weight is 297 g/mol. The third kappa shape index (κ3) is 3.00. The number of ether oxygens (including phenoxy) is 1. The van der Waals surface area contributed by atoms with Gasteiger partial charge in [0.15, 0.2) is 11.5 Å². The summed E-state index contributed by atoms with van der Waals surface area (Å²) in [7, 11) is 1.91. The molecule has 0 aliphatic carbocycles. The molecule has 6 nitrogen and oxygen atoms in total. The monoisotopic (exact) mass is 297 g/mol. The molecule has 0 unspecified atom stereocenters. The number of hydrogen-bond acceptors (Lipinski definition) is 5. The highest BCUT2D eigenvalue weighted by Gasteiger charge is 2.07. The van der Waals surface area contributed by atoms with Crippen molar-refractivity contribution in [3.63, 3.8) is 0 Å². The molecular formula is C16H19N5O.